The molecule has 0 N–H and O–H groups in total. The number of hydrogen-bond acceptors (Lipinski definition) is 4. The first kappa shape index (κ1) is 13.6. The molecular weight excluding hydrogens is 323 g/mol. The molecule has 0 aliphatic rings. The van der Waals surface area contributed by atoms with E-state index in [9.17, 15) is 4.79 Å². The summed E-state index contributed by atoms with van der Waals surface area (Å²) in [6.45, 7) is 5.37. The summed E-state index contributed by atoms with van der Waals surface area (Å²) in [4.78, 5) is 10.9. The van der Waals surface area contributed by atoms with E-state index >= 15 is 0 Å². The van der Waals surface area contributed by atoms with Crippen molar-refractivity contribution in [1.82, 2.24) is 9.78 Å². The number of aromatic nitrogens is 2. The highest BCUT2D eigenvalue weighted by Crippen LogP contribution is 2.10. The van der Waals surface area contributed by atoms with E-state index < -0.39 is 0 Å². The molecule has 5 nitrogen and oxygen atoms in total. The normalized spacial score (nSPS) is 11.0. The van der Waals surface area contributed by atoms with Crippen molar-refractivity contribution in [2.75, 3.05) is 13.2 Å². The zero-order valence-electron chi connectivity index (χ0n) is 9.35. The third kappa shape index (κ3) is 3.53. The van der Waals surface area contributed by atoms with Crippen molar-refractivity contribution < 1.29 is 14.3 Å². The first-order valence-electron chi connectivity index (χ1n) is 5.12. The lowest BCUT2D eigenvalue weighted by molar-refractivity contribution is -0.145. The molecule has 0 aromatic carbocycles. The van der Waals surface area contributed by atoms with Crippen molar-refractivity contribution in [3.05, 3.63) is 15.5 Å². The summed E-state index contributed by atoms with van der Waals surface area (Å²) in [5, 5.41) is 4.11. The first-order chi connectivity index (χ1) is 7.72. The van der Waals surface area contributed by atoms with Crippen LogP contribution in [0.25, 0.3) is 0 Å². The van der Waals surface area contributed by atoms with Gasteiger partial charge in [-0.2, -0.15) is 5.10 Å². The van der Waals surface area contributed by atoms with E-state index in [1.165, 1.54) is 0 Å². The number of hydrogen-bond donors (Lipinski definition) is 0. The Hall–Kier alpha value is -0.470. The molecule has 0 spiro atoms. The summed E-state index contributed by atoms with van der Waals surface area (Å²) in [5.74, 6) is 0. The molecule has 0 bridgehead atoms. The van der Waals surface area contributed by atoms with Gasteiger partial charge in [0.1, 0.15) is 5.69 Å². The van der Waals surface area contributed by atoms with Crippen LogP contribution in [0.3, 0.4) is 0 Å². The molecule has 0 saturated heterocycles. The third-order valence-electron chi connectivity index (χ3n) is 1.97. The van der Waals surface area contributed by atoms with E-state index in [4.69, 9.17) is 9.47 Å². The minimum atomic E-state index is -0.357. The highest BCUT2D eigenvalue weighted by molar-refractivity contribution is 14.1. The predicted molar refractivity (Wildman–Crippen MR) is 67.4 cm³/mol. The van der Waals surface area contributed by atoms with Crippen molar-refractivity contribution in [1.29, 1.82) is 0 Å². The Bertz CT molecular complexity index is 335. The molecule has 0 unspecified atom stereocenters. The summed E-state index contributed by atoms with van der Waals surface area (Å²) >= 11 is 2.07. The second-order valence-electron chi connectivity index (χ2n) is 3.02. The first-order valence-corrected chi connectivity index (χ1v) is 6.20. The largest absolute Gasteiger partial charge is 0.351 e. The van der Waals surface area contributed by atoms with E-state index in [2.05, 4.69) is 27.7 Å². The lowest BCUT2D eigenvalue weighted by Crippen LogP contribution is -2.25. The smallest absolute Gasteiger partial charge is 0.176 e. The average Bonchev–Trinajstić information content (AvgIpc) is 2.60. The van der Waals surface area contributed by atoms with E-state index in [1.807, 2.05) is 13.8 Å². The fourth-order valence-corrected chi connectivity index (χ4v) is 1.83. The van der Waals surface area contributed by atoms with Gasteiger partial charge in [0.2, 0.25) is 0 Å². The number of aldehydes is 1. The predicted octanol–water partition coefficient (Wildman–Crippen LogP) is 1.70. The quantitative estimate of drug-likeness (QED) is 0.431. The number of halogens is 1. The highest BCUT2D eigenvalue weighted by Gasteiger charge is 2.14. The van der Waals surface area contributed by atoms with Gasteiger partial charge in [-0.15, -0.1) is 0 Å². The summed E-state index contributed by atoms with van der Waals surface area (Å²) < 4.78 is 13.2. The SMILES string of the molecule is CCOC(Cn1ncc(I)c1C=O)OCC. The molecule has 16 heavy (non-hydrogen) atoms. The number of carbonyl (C=O) groups excluding carboxylic acids is 1. The summed E-state index contributed by atoms with van der Waals surface area (Å²) in [6, 6.07) is 0. The summed E-state index contributed by atoms with van der Waals surface area (Å²) in [6.07, 6.45) is 2.09. The summed E-state index contributed by atoms with van der Waals surface area (Å²) in [5.41, 5.74) is 0.560. The Morgan fingerprint density at radius 3 is 2.62 bits per heavy atom. The molecule has 0 aliphatic carbocycles. The Morgan fingerprint density at radius 2 is 2.12 bits per heavy atom. The maximum atomic E-state index is 10.9. The van der Waals surface area contributed by atoms with Gasteiger partial charge in [0.15, 0.2) is 12.6 Å². The van der Waals surface area contributed by atoms with Gasteiger partial charge in [-0.05, 0) is 36.4 Å². The number of nitrogens with zero attached hydrogens (tertiary/aromatic N) is 2. The Morgan fingerprint density at radius 1 is 1.50 bits per heavy atom. The van der Waals surface area contributed by atoms with E-state index in [0.717, 1.165) is 9.86 Å². The second-order valence-corrected chi connectivity index (χ2v) is 4.18. The number of ether oxygens (including phenoxy) is 2. The molecule has 0 amide bonds. The van der Waals surface area contributed by atoms with Crippen LogP contribution in [0.5, 0.6) is 0 Å². The van der Waals surface area contributed by atoms with Gasteiger partial charge < -0.3 is 9.47 Å². The molecule has 0 saturated carbocycles. The monoisotopic (exact) mass is 338 g/mol. The van der Waals surface area contributed by atoms with Crippen LogP contribution in [0.4, 0.5) is 0 Å². The molecule has 1 aromatic heterocycles. The fourth-order valence-electron chi connectivity index (χ4n) is 1.30. The Balaban J connectivity index is 2.72. The van der Waals surface area contributed by atoms with Crippen LogP contribution in [0.15, 0.2) is 6.20 Å². The van der Waals surface area contributed by atoms with Crippen LogP contribution in [-0.2, 0) is 16.0 Å². The Labute approximate surface area is 108 Å². The molecule has 1 rings (SSSR count). The van der Waals surface area contributed by atoms with Gasteiger partial charge in [0.25, 0.3) is 0 Å². The topological polar surface area (TPSA) is 53.4 Å². The van der Waals surface area contributed by atoms with Crippen LogP contribution < -0.4 is 0 Å². The van der Waals surface area contributed by atoms with Gasteiger partial charge >= 0.3 is 0 Å². The van der Waals surface area contributed by atoms with Gasteiger partial charge in [-0.1, -0.05) is 0 Å². The highest BCUT2D eigenvalue weighted by atomic mass is 127. The van der Waals surface area contributed by atoms with Gasteiger partial charge in [0.05, 0.1) is 16.3 Å². The molecular formula is C10H15IN2O3. The zero-order chi connectivity index (χ0) is 12.0. The molecule has 6 heteroatoms. The van der Waals surface area contributed by atoms with Crippen molar-refractivity contribution >= 4 is 28.9 Å². The molecule has 1 aromatic rings. The van der Waals surface area contributed by atoms with Crippen molar-refractivity contribution in [3.63, 3.8) is 0 Å². The van der Waals surface area contributed by atoms with Crippen LogP contribution in [0.2, 0.25) is 0 Å². The van der Waals surface area contributed by atoms with Crippen molar-refractivity contribution in [2.45, 2.75) is 26.7 Å². The van der Waals surface area contributed by atoms with Crippen LogP contribution in [0, 0.1) is 3.57 Å². The van der Waals surface area contributed by atoms with Crippen molar-refractivity contribution in [3.8, 4) is 0 Å². The summed E-state index contributed by atoms with van der Waals surface area (Å²) in [7, 11) is 0. The minimum Gasteiger partial charge on any atom is -0.351 e. The lowest BCUT2D eigenvalue weighted by Gasteiger charge is -2.17. The van der Waals surface area contributed by atoms with Gasteiger partial charge in [-0.3, -0.25) is 9.48 Å². The van der Waals surface area contributed by atoms with E-state index in [-0.39, 0.29) is 6.29 Å². The fraction of sp³-hybridized carbons (Fsp3) is 0.600. The van der Waals surface area contributed by atoms with Gasteiger partial charge in [-0.25, -0.2) is 0 Å². The lowest BCUT2D eigenvalue weighted by atomic mass is 10.4. The standard InChI is InChI=1S/C10H15IN2O3/c1-3-15-10(16-4-2)6-13-9(7-14)8(11)5-12-13/h5,7,10H,3-4,6H2,1-2H3. The number of carbonyl (C=O) groups is 1. The molecule has 0 fully saturated rings. The molecule has 0 radical (unpaired) electrons. The second kappa shape index (κ2) is 6.97. The average molecular weight is 338 g/mol. The molecule has 0 aliphatic heterocycles. The zero-order valence-corrected chi connectivity index (χ0v) is 11.5. The van der Waals surface area contributed by atoms with E-state index in [0.29, 0.717) is 25.5 Å². The third-order valence-corrected chi connectivity index (χ3v) is 2.80. The molecule has 0 atom stereocenters. The van der Waals surface area contributed by atoms with Crippen LogP contribution in [-0.4, -0.2) is 35.6 Å². The van der Waals surface area contributed by atoms with E-state index in [1.54, 1.807) is 10.9 Å². The van der Waals surface area contributed by atoms with Crippen LogP contribution >= 0.6 is 22.6 Å². The maximum absolute atomic E-state index is 10.9. The van der Waals surface area contributed by atoms with Gasteiger partial charge in [0, 0.05) is 13.2 Å². The maximum Gasteiger partial charge on any atom is 0.176 e. The minimum absolute atomic E-state index is 0.357. The molecule has 90 valence electrons. The van der Waals surface area contributed by atoms with Crippen LogP contribution in [0.1, 0.15) is 24.3 Å². The van der Waals surface area contributed by atoms with Crippen molar-refractivity contribution in [2.24, 2.45) is 0 Å². The molecule has 1 heterocycles. The number of rotatable bonds is 7. The Kier molecular flexibility index (Phi) is 5.93.